The van der Waals surface area contributed by atoms with Crippen LogP contribution in [0.4, 0.5) is 8.78 Å². The monoisotopic (exact) mass is 227 g/mol. The van der Waals surface area contributed by atoms with E-state index in [1.165, 1.54) is 7.85 Å². The van der Waals surface area contributed by atoms with Crippen molar-refractivity contribution in [1.29, 1.82) is 0 Å². The first kappa shape index (κ1) is 15.1. The summed E-state index contributed by atoms with van der Waals surface area (Å²) in [6.07, 6.45) is 0. The molecular weight excluding hydrogens is 207 g/mol. The third kappa shape index (κ3) is 7.40. The maximum atomic E-state index is 12.3. The molecule has 1 N–H and O–H groups in total. The molecule has 1 nitrogen and oxygen atoms in total. The van der Waals surface area contributed by atoms with E-state index in [4.69, 9.17) is 0 Å². The maximum absolute atomic E-state index is 12.3. The molecule has 0 fully saturated rings. The van der Waals surface area contributed by atoms with E-state index in [0.717, 1.165) is 18.2 Å². The number of nitrogens with one attached hydrogen (secondary N) is 1. The predicted octanol–water partition coefficient (Wildman–Crippen LogP) is 1.62. The van der Waals surface area contributed by atoms with Crippen molar-refractivity contribution in [3.63, 3.8) is 0 Å². The van der Waals surface area contributed by atoms with Crippen molar-refractivity contribution < 1.29 is 8.78 Å². The van der Waals surface area contributed by atoms with E-state index < -0.39 is 5.82 Å². The van der Waals surface area contributed by atoms with E-state index in [1.807, 2.05) is 0 Å². The Morgan fingerprint density at radius 1 is 1.06 bits per heavy atom. The Balaban J connectivity index is 0.000000293. The molecule has 1 aromatic rings. The third-order valence-corrected chi connectivity index (χ3v) is 1.79. The van der Waals surface area contributed by atoms with E-state index >= 15 is 0 Å². The largest absolute Gasteiger partial charge is 0.312 e. The number of rotatable bonds is 2. The number of hydrogen-bond acceptors (Lipinski definition) is 1. The lowest BCUT2D eigenvalue weighted by Gasteiger charge is -2.10. The second-order valence-electron chi connectivity index (χ2n) is 4.37. The molecular formula is C12H20BF2N. The topological polar surface area (TPSA) is 12.0 Å². The van der Waals surface area contributed by atoms with Crippen LogP contribution in [0, 0.1) is 11.6 Å². The Kier molecular flexibility index (Phi) is 6.98. The van der Waals surface area contributed by atoms with E-state index in [-0.39, 0.29) is 5.82 Å². The fourth-order valence-electron chi connectivity index (χ4n) is 1.27. The molecule has 0 spiro atoms. The second kappa shape index (κ2) is 7.39. The van der Waals surface area contributed by atoms with Crippen LogP contribution in [0.5, 0.6) is 0 Å². The van der Waals surface area contributed by atoms with Crippen molar-refractivity contribution in [2.75, 3.05) is 0 Å². The molecule has 0 aliphatic carbocycles. The molecule has 4 heteroatoms. The summed E-state index contributed by atoms with van der Waals surface area (Å²) in [5.74, 6) is -0.759. The van der Waals surface area contributed by atoms with E-state index in [0.29, 0.717) is 17.5 Å². The Hall–Kier alpha value is -0.895. The van der Waals surface area contributed by atoms with Gasteiger partial charge in [-0.2, -0.15) is 0 Å². The zero-order valence-corrected chi connectivity index (χ0v) is 10.6. The minimum atomic E-state index is -0.395. The predicted molar refractivity (Wildman–Crippen MR) is 67.9 cm³/mol. The first-order valence-electron chi connectivity index (χ1n) is 5.50. The molecule has 0 heterocycles. The number of hydrogen-bond donors (Lipinski definition) is 1. The normalized spacial score (nSPS) is 10.2. The summed E-state index contributed by atoms with van der Waals surface area (Å²) >= 11 is 0. The number of benzene rings is 1. The molecule has 0 aliphatic rings. The van der Waals surface area contributed by atoms with E-state index in [9.17, 15) is 8.78 Å². The quantitative estimate of drug-likeness (QED) is 0.757. The average molecular weight is 227 g/mol. The van der Waals surface area contributed by atoms with Crippen molar-refractivity contribution in [3.8, 4) is 0 Å². The highest BCUT2D eigenvalue weighted by Crippen LogP contribution is 1.95. The SMILES string of the molecule is Bc1cc(F)ccc1F.CC(C)NC(C)C. The lowest BCUT2D eigenvalue weighted by molar-refractivity contribution is 0.518. The molecule has 0 bridgehead atoms. The molecule has 1 rings (SSSR count). The van der Waals surface area contributed by atoms with Gasteiger partial charge in [-0.15, -0.1) is 0 Å². The molecule has 0 aromatic heterocycles. The van der Waals surface area contributed by atoms with Gasteiger partial charge in [-0.1, -0.05) is 33.2 Å². The Labute approximate surface area is 97.7 Å². The molecule has 0 saturated carbocycles. The van der Waals surface area contributed by atoms with Gasteiger partial charge in [-0.25, -0.2) is 8.78 Å². The summed E-state index contributed by atoms with van der Waals surface area (Å²) in [7, 11) is 1.53. The Morgan fingerprint density at radius 3 is 1.81 bits per heavy atom. The molecule has 16 heavy (non-hydrogen) atoms. The van der Waals surface area contributed by atoms with Crippen LogP contribution in [-0.4, -0.2) is 19.9 Å². The van der Waals surface area contributed by atoms with Gasteiger partial charge in [0.1, 0.15) is 19.5 Å². The van der Waals surface area contributed by atoms with Crippen LogP contribution in [0.25, 0.3) is 0 Å². The van der Waals surface area contributed by atoms with Crippen LogP contribution >= 0.6 is 0 Å². The highest BCUT2D eigenvalue weighted by atomic mass is 19.1. The maximum Gasteiger partial charge on any atom is 0.143 e. The summed E-state index contributed by atoms with van der Waals surface area (Å²) in [5, 5.41) is 3.31. The molecule has 0 saturated heterocycles. The van der Waals surface area contributed by atoms with Crippen molar-refractivity contribution >= 4 is 13.3 Å². The molecule has 0 atom stereocenters. The van der Waals surface area contributed by atoms with E-state index in [2.05, 4.69) is 33.0 Å². The Morgan fingerprint density at radius 2 is 1.56 bits per heavy atom. The van der Waals surface area contributed by atoms with Crippen LogP contribution in [0.2, 0.25) is 0 Å². The van der Waals surface area contributed by atoms with Gasteiger partial charge in [-0.05, 0) is 18.2 Å². The molecule has 0 unspecified atom stereocenters. The number of halogens is 2. The van der Waals surface area contributed by atoms with Gasteiger partial charge in [0, 0.05) is 12.1 Å². The summed E-state index contributed by atoms with van der Waals surface area (Å²) < 4.78 is 24.5. The van der Waals surface area contributed by atoms with Gasteiger partial charge in [0.25, 0.3) is 0 Å². The van der Waals surface area contributed by atoms with Gasteiger partial charge in [0.2, 0.25) is 0 Å². The van der Waals surface area contributed by atoms with Crippen LogP contribution in [0.15, 0.2) is 18.2 Å². The highest BCUT2D eigenvalue weighted by molar-refractivity contribution is 6.32. The van der Waals surface area contributed by atoms with Crippen molar-refractivity contribution in [2.45, 2.75) is 39.8 Å². The van der Waals surface area contributed by atoms with Crippen LogP contribution in [0.1, 0.15) is 27.7 Å². The minimum absolute atomic E-state index is 0.343. The lowest BCUT2D eigenvalue weighted by atomic mass is 9.96. The van der Waals surface area contributed by atoms with Gasteiger partial charge in [-0.3, -0.25) is 0 Å². The molecule has 90 valence electrons. The fraction of sp³-hybridized carbons (Fsp3) is 0.500. The van der Waals surface area contributed by atoms with Gasteiger partial charge < -0.3 is 5.32 Å². The smallest absolute Gasteiger partial charge is 0.143 e. The molecule has 0 aliphatic heterocycles. The third-order valence-electron chi connectivity index (χ3n) is 1.79. The highest BCUT2D eigenvalue weighted by Gasteiger charge is 1.95. The van der Waals surface area contributed by atoms with Gasteiger partial charge >= 0.3 is 0 Å². The van der Waals surface area contributed by atoms with Crippen molar-refractivity contribution in [1.82, 2.24) is 5.32 Å². The van der Waals surface area contributed by atoms with Crippen molar-refractivity contribution in [2.24, 2.45) is 0 Å². The zero-order chi connectivity index (χ0) is 12.7. The van der Waals surface area contributed by atoms with Gasteiger partial charge in [0.15, 0.2) is 0 Å². The first-order chi connectivity index (χ1) is 7.32. The summed E-state index contributed by atoms with van der Waals surface area (Å²) in [5.41, 5.74) is 0.343. The molecule has 0 radical (unpaired) electrons. The van der Waals surface area contributed by atoms with Crippen LogP contribution < -0.4 is 10.8 Å². The zero-order valence-electron chi connectivity index (χ0n) is 10.6. The molecule has 1 aromatic carbocycles. The summed E-state index contributed by atoms with van der Waals surface area (Å²) in [6.45, 7) is 8.61. The van der Waals surface area contributed by atoms with E-state index in [1.54, 1.807) is 0 Å². The Bertz CT molecular complexity index is 308. The van der Waals surface area contributed by atoms with Crippen LogP contribution in [-0.2, 0) is 0 Å². The second-order valence-corrected chi connectivity index (χ2v) is 4.37. The standard InChI is InChI=1S/C6H5BF2.C6H15N/c7-5-3-4(8)1-2-6(5)9;1-5(2)7-6(3)4/h1-3H,7H2;5-7H,1-4H3. The van der Waals surface area contributed by atoms with Crippen LogP contribution in [0.3, 0.4) is 0 Å². The minimum Gasteiger partial charge on any atom is -0.312 e. The average Bonchev–Trinajstić information content (AvgIpc) is 2.10. The van der Waals surface area contributed by atoms with Gasteiger partial charge in [0.05, 0.1) is 0 Å². The molecule has 0 amide bonds. The fourth-order valence-corrected chi connectivity index (χ4v) is 1.27. The lowest BCUT2D eigenvalue weighted by Crippen LogP contribution is -2.29. The summed E-state index contributed by atoms with van der Waals surface area (Å²) in [4.78, 5) is 0. The first-order valence-corrected chi connectivity index (χ1v) is 5.50. The summed E-state index contributed by atoms with van der Waals surface area (Å²) in [6, 6.07) is 4.63. The van der Waals surface area contributed by atoms with Crippen molar-refractivity contribution in [3.05, 3.63) is 29.8 Å².